The molecule has 0 spiro atoms. The minimum atomic E-state index is -0.0152. The van der Waals surface area contributed by atoms with E-state index in [-0.39, 0.29) is 11.9 Å². The molecular formula is C9H14N2OS. The SMILES string of the molecule is CCc1nc(C(C)NC(C)=O)cs1. The van der Waals surface area contributed by atoms with E-state index in [1.54, 1.807) is 11.3 Å². The molecule has 1 aromatic heterocycles. The van der Waals surface area contributed by atoms with Crippen molar-refractivity contribution in [3.05, 3.63) is 16.1 Å². The van der Waals surface area contributed by atoms with Crippen LogP contribution in [0.3, 0.4) is 0 Å². The first-order valence-corrected chi connectivity index (χ1v) is 5.22. The number of hydrogen-bond donors (Lipinski definition) is 1. The number of amides is 1. The number of carbonyl (C=O) groups is 1. The highest BCUT2D eigenvalue weighted by Crippen LogP contribution is 2.16. The molecule has 0 radical (unpaired) electrons. The van der Waals surface area contributed by atoms with E-state index >= 15 is 0 Å². The highest BCUT2D eigenvalue weighted by Gasteiger charge is 2.09. The van der Waals surface area contributed by atoms with Gasteiger partial charge in [-0.15, -0.1) is 11.3 Å². The Hall–Kier alpha value is -0.900. The summed E-state index contributed by atoms with van der Waals surface area (Å²) in [5, 5.41) is 5.92. The Balaban J connectivity index is 2.65. The molecule has 4 heteroatoms. The highest BCUT2D eigenvalue weighted by atomic mass is 32.1. The second-order valence-corrected chi connectivity index (χ2v) is 3.88. The molecule has 0 aliphatic heterocycles. The zero-order valence-electron chi connectivity index (χ0n) is 8.13. The Morgan fingerprint density at radius 3 is 2.92 bits per heavy atom. The normalized spacial score (nSPS) is 12.5. The molecule has 1 amide bonds. The van der Waals surface area contributed by atoms with Gasteiger partial charge in [-0.05, 0) is 13.3 Å². The van der Waals surface area contributed by atoms with Crippen LogP contribution in [0.1, 0.15) is 37.5 Å². The van der Waals surface area contributed by atoms with E-state index in [4.69, 9.17) is 0 Å². The minimum absolute atomic E-state index is 0.0152. The molecule has 0 aromatic carbocycles. The highest BCUT2D eigenvalue weighted by molar-refractivity contribution is 7.09. The summed E-state index contributed by atoms with van der Waals surface area (Å²) in [5.41, 5.74) is 0.956. The fourth-order valence-corrected chi connectivity index (χ4v) is 1.90. The van der Waals surface area contributed by atoms with Gasteiger partial charge in [0, 0.05) is 12.3 Å². The topological polar surface area (TPSA) is 42.0 Å². The van der Waals surface area contributed by atoms with Crippen molar-refractivity contribution in [3.63, 3.8) is 0 Å². The fourth-order valence-electron chi connectivity index (χ4n) is 1.07. The van der Waals surface area contributed by atoms with E-state index < -0.39 is 0 Å². The van der Waals surface area contributed by atoms with Gasteiger partial charge in [0.2, 0.25) is 5.91 Å². The first-order valence-electron chi connectivity index (χ1n) is 4.35. The van der Waals surface area contributed by atoms with Crippen molar-refractivity contribution in [2.45, 2.75) is 33.2 Å². The molecular weight excluding hydrogens is 184 g/mol. The molecule has 0 saturated heterocycles. The van der Waals surface area contributed by atoms with E-state index in [1.165, 1.54) is 6.92 Å². The monoisotopic (exact) mass is 198 g/mol. The van der Waals surface area contributed by atoms with Gasteiger partial charge in [0.1, 0.15) is 0 Å². The van der Waals surface area contributed by atoms with Crippen LogP contribution in [0.5, 0.6) is 0 Å². The predicted molar refractivity (Wildman–Crippen MR) is 53.7 cm³/mol. The first kappa shape index (κ1) is 10.2. The fraction of sp³-hybridized carbons (Fsp3) is 0.556. The van der Waals surface area contributed by atoms with E-state index in [9.17, 15) is 4.79 Å². The molecule has 1 rings (SSSR count). The van der Waals surface area contributed by atoms with Gasteiger partial charge in [0.25, 0.3) is 0 Å². The second kappa shape index (κ2) is 4.37. The zero-order valence-corrected chi connectivity index (χ0v) is 8.94. The maximum atomic E-state index is 10.8. The van der Waals surface area contributed by atoms with Crippen LogP contribution < -0.4 is 5.32 Å². The lowest BCUT2D eigenvalue weighted by Gasteiger charge is -2.08. The quantitative estimate of drug-likeness (QED) is 0.806. The number of rotatable bonds is 3. The molecule has 0 saturated carbocycles. The van der Waals surface area contributed by atoms with Crippen molar-refractivity contribution >= 4 is 17.2 Å². The maximum Gasteiger partial charge on any atom is 0.217 e. The van der Waals surface area contributed by atoms with Crippen molar-refractivity contribution < 1.29 is 4.79 Å². The molecule has 0 bridgehead atoms. The molecule has 1 aromatic rings. The molecule has 1 atom stereocenters. The molecule has 0 aliphatic carbocycles. The van der Waals surface area contributed by atoms with Gasteiger partial charge in [0.05, 0.1) is 16.7 Å². The van der Waals surface area contributed by atoms with Gasteiger partial charge in [-0.3, -0.25) is 4.79 Å². The standard InChI is InChI=1S/C9H14N2OS/c1-4-9-11-8(5-13-9)6(2)10-7(3)12/h5-6H,4H2,1-3H3,(H,10,12). The Bertz CT molecular complexity index is 296. The van der Waals surface area contributed by atoms with Crippen LogP contribution in [0.15, 0.2) is 5.38 Å². The van der Waals surface area contributed by atoms with E-state index in [0.717, 1.165) is 17.1 Å². The molecule has 1 heterocycles. The third-order valence-corrected chi connectivity index (χ3v) is 2.75. The van der Waals surface area contributed by atoms with Gasteiger partial charge >= 0.3 is 0 Å². The van der Waals surface area contributed by atoms with Gasteiger partial charge in [0.15, 0.2) is 0 Å². The molecule has 1 unspecified atom stereocenters. The molecule has 13 heavy (non-hydrogen) atoms. The van der Waals surface area contributed by atoms with Crippen LogP contribution in [0.25, 0.3) is 0 Å². The van der Waals surface area contributed by atoms with Crippen LogP contribution in [0.4, 0.5) is 0 Å². The molecule has 0 aliphatic rings. The van der Waals surface area contributed by atoms with E-state index in [1.807, 2.05) is 12.3 Å². The average Bonchev–Trinajstić information content (AvgIpc) is 2.50. The van der Waals surface area contributed by atoms with Crippen molar-refractivity contribution in [1.29, 1.82) is 0 Å². The molecule has 72 valence electrons. The second-order valence-electron chi connectivity index (χ2n) is 2.94. The van der Waals surface area contributed by atoms with Crippen molar-refractivity contribution in [2.24, 2.45) is 0 Å². The Kier molecular flexibility index (Phi) is 3.42. The summed E-state index contributed by atoms with van der Waals surface area (Å²) in [6.07, 6.45) is 0.956. The largest absolute Gasteiger partial charge is 0.348 e. The smallest absolute Gasteiger partial charge is 0.217 e. The Labute approximate surface area is 82.2 Å². The van der Waals surface area contributed by atoms with Crippen molar-refractivity contribution in [2.75, 3.05) is 0 Å². The number of carbonyl (C=O) groups excluding carboxylic acids is 1. The van der Waals surface area contributed by atoms with Gasteiger partial charge < -0.3 is 5.32 Å². The number of thiazole rings is 1. The van der Waals surface area contributed by atoms with E-state index in [0.29, 0.717) is 0 Å². The van der Waals surface area contributed by atoms with Crippen LogP contribution in [-0.2, 0) is 11.2 Å². The summed E-state index contributed by atoms with van der Waals surface area (Å²) in [6.45, 7) is 5.53. The summed E-state index contributed by atoms with van der Waals surface area (Å²) in [5.74, 6) is -0.0152. The Morgan fingerprint density at radius 1 is 1.77 bits per heavy atom. The minimum Gasteiger partial charge on any atom is -0.348 e. The van der Waals surface area contributed by atoms with Crippen molar-refractivity contribution in [1.82, 2.24) is 10.3 Å². The number of nitrogens with one attached hydrogen (secondary N) is 1. The third kappa shape index (κ3) is 2.81. The average molecular weight is 198 g/mol. The number of aromatic nitrogens is 1. The van der Waals surface area contributed by atoms with Gasteiger partial charge in [-0.1, -0.05) is 6.92 Å². The predicted octanol–water partition coefficient (Wildman–Crippen LogP) is 1.90. The van der Waals surface area contributed by atoms with Crippen LogP contribution >= 0.6 is 11.3 Å². The maximum absolute atomic E-state index is 10.8. The van der Waals surface area contributed by atoms with Crippen LogP contribution in [0.2, 0.25) is 0 Å². The number of aryl methyl sites for hydroxylation is 1. The number of nitrogens with zero attached hydrogens (tertiary/aromatic N) is 1. The molecule has 1 N–H and O–H groups in total. The summed E-state index contributed by atoms with van der Waals surface area (Å²) in [7, 11) is 0. The Morgan fingerprint density at radius 2 is 2.46 bits per heavy atom. The lowest BCUT2D eigenvalue weighted by atomic mass is 10.2. The summed E-state index contributed by atoms with van der Waals surface area (Å²) in [4.78, 5) is 15.2. The zero-order chi connectivity index (χ0) is 9.84. The third-order valence-electron chi connectivity index (χ3n) is 1.74. The lowest BCUT2D eigenvalue weighted by molar-refractivity contribution is -0.119. The van der Waals surface area contributed by atoms with E-state index in [2.05, 4.69) is 17.2 Å². The first-order chi connectivity index (χ1) is 6.13. The lowest BCUT2D eigenvalue weighted by Crippen LogP contribution is -2.23. The van der Waals surface area contributed by atoms with Crippen LogP contribution in [-0.4, -0.2) is 10.9 Å². The van der Waals surface area contributed by atoms with Gasteiger partial charge in [-0.2, -0.15) is 0 Å². The molecule has 0 fully saturated rings. The molecule has 3 nitrogen and oxygen atoms in total. The van der Waals surface area contributed by atoms with Gasteiger partial charge in [-0.25, -0.2) is 4.98 Å². The van der Waals surface area contributed by atoms with Crippen LogP contribution in [0, 0.1) is 0 Å². The summed E-state index contributed by atoms with van der Waals surface area (Å²) < 4.78 is 0. The summed E-state index contributed by atoms with van der Waals surface area (Å²) in [6, 6.07) is 0.0223. The number of hydrogen-bond acceptors (Lipinski definition) is 3. The summed E-state index contributed by atoms with van der Waals surface area (Å²) >= 11 is 1.64. The van der Waals surface area contributed by atoms with Crippen molar-refractivity contribution in [3.8, 4) is 0 Å².